The normalized spacial score (nSPS) is 17.8. The van der Waals surface area contributed by atoms with Gasteiger partial charge >= 0.3 is 0 Å². The van der Waals surface area contributed by atoms with E-state index in [1.807, 2.05) is 0 Å². The maximum atomic E-state index is 5.61. The summed E-state index contributed by atoms with van der Waals surface area (Å²) in [5.74, 6) is 5.61. The van der Waals surface area contributed by atoms with E-state index in [1.165, 1.54) is 0 Å². The molecule has 0 aromatic carbocycles. The van der Waals surface area contributed by atoms with E-state index in [9.17, 15) is 0 Å². The minimum Gasteiger partial charge on any atom is -0.383 e. The van der Waals surface area contributed by atoms with Crippen LogP contribution >= 0.6 is 0 Å². The van der Waals surface area contributed by atoms with Crippen molar-refractivity contribution >= 4 is 0 Å². The molecule has 0 radical (unpaired) electrons. The van der Waals surface area contributed by atoms with Crippen molar-refractivity contribution in [2.45, 2.75) is 45.7 Å². The summed E-state index contributed by atoms with van der Waals surface area (Å²) in [5, 5.41) is 0. The number of likely N-dealkylation sites (N-methyl/N-ethyl adjacent to an activating group) is 1. The van der Waals surface area contributed by atoms with Crippen LogP contribution < -0.4 is 11.3 Å². The summed E-state index contributed by atoms with van der Waals surface area (Å²) in [7, 11) is 1.71. The molecule has 0 saturated heterocycles. The topological polar surface area (TPSA) is 50.5 Å². The van der Waals surface area contributed by atoms with Crippen molar-refractivity contribution in [3.8, 4) is 0 Å². The van der Waals surface area contributed by atoms with Crippen LogP contribution in [-0.2, 0) is 4.74 Å². The fourth-order valence-electron chi connectivity index (χ4n) is 2.21. The number of nitrogens with one attached hydrogen (secondary N) is 1. The Hall–Kier alpha value is -0.160. The van der Waals surface area contributed by atoms with Crippen LogP contribution in [0.4, 0.5) is 0 Å². The lowest BCUT2D eigenvalue weighted by Gasteiger charge is -2.45. The van der Waals surface area contributed by atoms with Crippen LogP contribution in [0.2, 0.25) is 0 Å². The number of methoxy groups -OCH3 is 1. The van der Waals surface area contributed by atoms with Gasteiger partial charge in [-0.3, -0.25) is 16.2 Å². The second-order valence-electron chi connectivity index (χ2n) is 4.06. The Bertz CT molecular complexity index is 162. The lowest BCUT2D eigenvalue weighted by molar-refractivity contribution is 0.0315. The number of hydrazine groups is 1. The molecule has 0 aromatic rings. The molecule has 92 valence electrons. The van der Waals surface area contributed by atoms with Gasteiger partial charge in [0.05, 0.1) is 12.6 Å². The van der Waals surface area contributed by atoms with Gasteiger partial charge in [0, 0.05) is 12.6 Å². The van der Waals surface area contributed by atoms with Crippen molar-refractivity contribution in [2.24, 2.45) is 5.84 Å². The first-order valence-electron chi connectivity index (χ1n) is 5.80. The number of nitrogens with zero attached hydrogens (tertiary/aromatic N) is 1. The molecule has 4 nitrogen and oxygen atoms in total. The third kappa shape index (κ3) is 3.41. The number of hydrogen-bond acceptors (Lipinski definition) is 4. The highest BCUT2D eigenvalue weighted by Crippen LogP contribution is 2.23. The van der Waals surface area contributed by atoms with E-state index in [0.717, 1.165) is 19.5 Å². The highest BCUT2D eigenvalue weighted by Gasteiger charge is 2.36. The predicted molar refractivity (Wildman–Crippen MR) is 64.6 cm³/mol. The quantitative estimate of drug-likeness (QED) is 0.470. The predicted octanol–water partition coefficient (Wildman–Crippen LogP) is 0.975. The molecule has 0 aliphatic rings. The lowest BCUT2D eigenvalue weighted by Crippen LogP contribution is -2.62. The summed E-state index contributed by atoms with van der Waals surface area (Å²) in [5.41, 5.74) is 2.93. The molecular weight excluding hydrogens is 190 g/mol. The fraction of sp³-hybridized carbons (Fsp3) is 1.00. The number of nitrogens with two attached hydrogens (primary N) is 1. The molecule has 0 amide bonds. The first-order chi connectivity index (χ1) is 7.10. The van der Waals surface area contributed by atoms with Gasteiger partial charge < -0.3 is 4.74 Å². The molecule has 0 aliphatic heterocycles. The molecule has 2 atom stereocenters. The largest absolute Gasteiger partial charge is 0.383 e. The first-order valence-corrected chi connectivity index (χ1v) is 5.80. The van der Waals surface area contributed by atoms with Crippen LogP contribution in [0.15, 0.2) is 0 Å². The monoisotopic (exact) mass is 217 g/mol. The highest BCUT2D eigenvalue weighted by molar-refractivity contribution is 4.94. The van der Waals surface area contributed by atoms with Gasteiger partial charge in [-0.05, 0) is 26.4 Å². The summed E-state index contributed by atoms with van der Waals surface area (Å²) < 4.78 is 5.21. The van der Waals surface area contributed by atoms with Crippen molar-refractivity contribution in [2.75, 3.05) is 26.8 Å². The SMILES string of the molecule is CCN(CC)C(C)(CC)C(COC)NN. The van der Waals surface area contributed by atoms with Gasteiger partial charge in [-0.25, -0.2) is 0 Å². The summed E-state index contributed by atoms with van der Waals surface area (Å²) in [6.07, 6.45) is 1.05. The zero-order chi connectivity index (χ0) is 11.9. The smallest absolute Gasteiger partial charge is 0.0647 e. The second-order valence-corrected chi connectivity index (χ2v) is 4.06. The molecule has 0 aromatic heterocycles. The maximum Gasteiger partial charge on any atom is 0.0647 e. The van der Waals surface area contributed by atoms with Crippen LogP contribution in [0, 0.1) is 0 Å². The van der Waals surface area contributed by atoms with Crippen molar-refractivity contribution in [1.82, 2.24) is 10.3 Å². The minimum absolute atomic E-state index is 0.0499. The second kappa shape index (κ2) is 7.17. The number of ether oxygens (including phenoxy) is 1. The average Bonchev–Trinajstić information content (AvgIpc) is 2.27. The Morgan fingerprint density at radius 1 is 1.33 bits per heavy atom. The van der Waals surface area contributed by atoms with Gasteiger partial charge in [-0.2, -0.15) is 0 Å². The molecule has 0 heterocycles. The third-order valence-corrected chi connectivity index (χ3v) is 3.49. The molecule has 0 saturated carbocycles. The molecular formula is C11H27N3O. The van der Waals surface area contributed by atoms with Gasteiger partial charge in [0.15, 0.2) is 0 Å². The van der Waals surface area contributed by atoms with Gasteiger partial charge in [0.2, 0.25) is 0 Å². The molecule has 2 unspecified atom stereocenters. The van der Waals surface area contributed by atoms with E-state index in [2.05, 4.69) is 38.0 Å². The molecule has 4 heteroatoms. The van der Waals surface area contributed by atoms with Gasteiger partial charge in [-0.1, -0.05) is 20.8 Å². The lowest BCUT2D eigenvalue weighted by atomic mass is 9.87. The van der Waals surface area contributed by atoms with E-state index in [1.54, 1.807) is 7.11 Å². The fourth-order valence-corrected chi connectivity index (χ4v) is 2.21. The van der Waals surface area contributed by atoms with E-state index < -0.39 is 0 Å². The number of hydrogen-bond donors (Lipinski definition) is 2. The Morgan fingerprint density at radius 3 is 2.13 bits per heavy atom. The van der Waals surface area contributed by atoms with Crippen LogP contribution in [0.3, 0.4) is 0 Å². The number of rotatable bonds is 8. The van der Waals surface area contributed by atoms with Crippen molar-refractivity contribution in [1.29, 1.82) is 0 Å². The molecule has 0 aliphatic carbocycles. The summed E-state index contributed by atoms with van der Waals surface area (Å²) in [4.78, 5) is 2.43. The third-order valence-electron chi connectivity index (χ3n) is 3.49. The van der Waals surface area contributed by atoms with Crippen LogP contribution in [-0.4, -0.2) is 43.3 Å². The molecule has 15 heavy (non-hydrogen) atoms. The molecule has 0 rings (SSSR count). The standard InChI is InChI=1S/C11H27N3O/c1-6-11(4,14(7-2)8-3)10(13-12)9-15-5/h10,13H,6-9,12H2,1-5H3. The van der Waals surface area contributed by atoms with Crippen LogP contribution in [0.25, 0.3) is 0 Å². The molecule has 0 bridgehead atoms. The maximum absolute atomic E-state index is 5.61. The van der Waals surface area contributed by atoms with Crippen LogP contribution in [0.5, 0.6) is 0 Å². The summed E-state index contributed by atoms with van der Waals surface area (Å²) >= 11 is 0. The van der Waals surface area contributed by atoms with Gasteiger partial charge in [0.1, 0.15) is 0 Å². The Kier molecular flexibility index (Phi) is 7.09. The van der Waals surface area contributed by atoms with Crippen molar-refractivity contribution in [3.05, 3.63) is 0 Å². The Balaban J connectivity index is 4.76. The molecule has 0 fully saturated rings. The van der Waals surface area contributed by atoms with Crippen molar-refractivity contribution < 1.29 is 4.74 Å². The average molecular weight is 217 g/mol. The van der Waals surface area contributed by atoms with E-state index >= 15 is 0 Å². The highest BCUT2D eigenvalue weighted by atomic mass is 16.5. The van der Waals surface area contributed by atoms with E-state index in [0.29, 0.717) is 6.61 Å². The molecule has 0 spiro atoms. The minimum atomic E-state index is 0.0499. The summed E-state index contributed by atoms with van der Waals surface area (Å²) in [6.45, 7) is 11.5. The first kappa shape index (κ1) is 14.8. The van der Waals surface area contributed by atoms with E-state index in [-0.39, 0.29) is 11.6 Å². The van der Waals surface area contributed by atoms with Gasteiger partial charge in [-0.15, -0.1) is 0 Å². The Labute approximate surface area is 94.1 Å². The summed E-state index contributed by atoms with van der Waals surface area (Å²) in [6, 6.07) is 0.160. The zero-order valence-corrected chi connectivity index (χ0v) is 10.8. The molecule has 3 N–H and O–H groups in total. The van der Waals surface area contributed by atoms with Gasteiger partial charge in [0.25, 0.3) is 0 Å². The van der Waals surface area contributed by atoms with Crippen LogP contribution in [0.1, 0.15) is 34.1 Å². The van der Waals surface area contributed by atoms with E-state index in [4.69, 9.17) is 10.6 Å². The van der Waals surface area contributed by atoms with Crippen molar-refractivity contribution in [3.63, 3.8) is 0 Å². The Morgan fingerprint density at radius 2 is 1.87 bits per heavy atom. The zero-order valence-electron chi connectivity index (χ0n) is 10.8.